The molecule has 0 aliphatic heterocycles. The zero-order chi connectivity index (χ0) is 13.1. The molecule has 0 aliphatic rings. The third-order valence-corrected chi connectivity index (χ3v) is 2.78. The molecule has 0 bridgehead atoms. The Labute approximate surface area is 116 Å². The third kappa shape index (κ3) is 4.07. The first-order valence-electron chi connectivity index (χ1n) is 5.96. The summed E-state index contributed by atoms with van der Waals surface area (Å²) in [7, 11) is 1.64. The predicted octanol–water partition coefficient (Wildman–Crippen LogP) is 3.56. The summed E-state index contributed by atoms with van der Waals surface area (Å²) in [5, 5.41) is 0. The smallest absolute Gasteiger partial charge is 0.161 e. The molecule has 1 atom stereocenters. The summed E-state index contributed by atoms with van der Waals surface area (Å²) in [6.45, 7) is 8.96. The van der Waals surface area contributed by atoms with Crippen molar-refractivity contribution in [2.45, 2.75) is 33.7 Å². The summed E-state index contributed by atoms with van der Waals surface area (Å²) >= 11 is 0. The van der Waals surface area contributed by atoms with Gasteiger partial charge in [0, 0.05) is 6.04 Å². The van der Waals surface area contributed by atoms with Crippen LogP contribution >= 0.6 is 12.4 Å². The van der Waals surface area contributed by atoms with Crippen LogP contribution in [0.3, 0.4) is 0 Å². The van der Waals surface area contributed by atoms with Crippen LogP contribution in [-0.2, 0) is 0 Å². The minimum atomic E-state index is -0.0212. The fraction of sp³-hybridized carbons (Fsp3) is 0.571. The lowest BCUT2D eigenvalue weighted by Gasteiger charge is -2.27. The Balaban J connectivity index is 0.00000289. The summed E-state index contributed by atoms with van der Waals surface area (Å²) in [6.07, 6.45) is 0. The molecule has 0 unspecified atom stereocenters. The van der Waals surface area contributed by atoms with Gasteiger partial charge in [0.05, 0.1) is 13.7 Å². The zero-order valence-corrected chi connectivity index (χ0v) is 12.6. The molecule has 3 nitrogen and oxygen atoms in total. The maximum absolute atomic E-state index is 6.22. The Morgan fingerprint density at radius 3 is 2.28 bits per heavy atom. The molecule has 0 saturated heterocycles. The number of benzene rings is 1. The van der Waals surface area contributed by atoms with Crippen LogP contribution in [0, 0.1) is 5.41 Å². The van der Waals surface area contributed by atoms with Gasteiger partial charge in [-0.2, -0.15) is 0 Å². The van der Waals surface area contributed by atoms with Crippen LogP contribution in [0.25, 0.3) is 0 Å². The van der Waals surface area contributed by atoms with Crippen LogP contribution in [-0.4, -0.2) is 13.7 Å². The van der Waals surface area contributed by atoms with Gasteiger partial charge in [-0.1, -0.05) is 26.8 Å². The molecule has 1 aromatic rings. The highest BCUT2D eigenvalue weighted by Gasteiger charge is 2.23. The molecule has 4 heteroatoms. The van der Waals surface area contributed by atoms with Crippen molar-refractivity contribution in [2.24, 2.45) is 11.1 Å². The lowest BCUT2D eigenvalue weighted by molar-refractivity contribution is 0.306. The summed E-state index contributed by atoms with van der Waals surface area (Å²) in [5.74, 6) is 1.50. The Morgan fingerprint density at radius 1 is 1.22 bits per heavy atom. The number of hydrogen-bond donors (Lipinski definition) is 1. The summed E-state index contributed by atoms with van der Waals surface area (Å²) in [5.41, 5.74) is 7.32. The van der Waals surface area contributed by atoms with Gasteiger partial charge in [-0.05, 0) is 30.0 Å². The second-order valence-corrected chi connectivity index (χ2v) is 5.19. The van der Waals surface area contributed by atoms with Gasteiger partial charge >= 0.3 is 0 Å². The van der Waals surface area contributed by atoms with E-state index in [1.807, 2.05) is 25.1 Å². The second kappa shape index (κ2) is 6.86. The van der Waals surface area contributed by atoms with Gasteiger partial charge in [-0.15, -0.1) is 12.4 Å². The average Bonchev–Trinajstić information content (AvgIpc) is 2.28. The van der Waals surface area contributed by atoms with Crippen LogP contribution in [0.4, 0.5) is 0 Å². The van der Waals surface area contributed by atoms with Crippen molar-refractivity contribution in [1.82, 2.24) is 0 Å². The maximum Gasteiger partial charge on any atom is 0.161 e. The van der Waals surface area contributed by atoms with Gasteiger partial charge in [-0.3, -0.25) is 0 Å². The molecule has 104 valence electrons. The van der Waals surface area contributed by atoms with Crippen molar-refractivity contribution < 1.29 is 9.47 Å². The molecule has 0 heterocycles. The number of rotatable bonds is 4. The number of hydrogen-bond acceptors (Lipinski definition) is 3. The molecule has 0 radical (unpaired) electrons. The minimum absolute atomic E-state index is 0. The van der Waals surface area contributed by atoms with E-state index in [1.54, 1.807) is 7.11 Å². The first kappa shape index (κ1) is 17.1. The molecule has 1 aromatic carbocycles. The highest BCUT2D eigenvalue weighted by atomic mass is 35.5. The van der Waals surface area contributed by atoms with Crippen LogP contribution in [0.2, 0.25) is 0 Å². The number of nitrogens with two attached hydrogens (primary N) is 1. The predicted molar refractivity (Wildman–Crippen MR) is 77.8 cm³/mol. The maximum atomic E-state index is 6.22. The van der Waals surface area contributed by atoms with E-state index in [9.17, 15) is 0 Å². The largest absolute Gasteiger partial charge is 0.493 e. The second-order valence-electron chi connectivity index (χ2n) is 5.19. The molecule has 0 aromatic heterocycles. The van der Waals surface area contributed by atoms with Gasteiger partial charge in [0.1, 0.15) is 0 Å². The molecule has 0 saturated carbocycles. The molecule has 0 spiro atoms. The fourth-order valence-corrected chi connectivity index (χ4v) is 1.65. The van der Waals surface area contributed by atoms with Crippen LogP contribution < -0.4 is 15.2 Å². The fourth-order valence-electron chi connectivity index (χ4n) is 1.65. The molecule has 1 rings (SSSR count). The number of halogens is 1. The molecular weight excluding hydrogens is 250 g/mol. The van der Waals surface area contributed by atoms with E-state index < -0.39 is 0 Å². The molecule has 18 heavy (non-hydrogen) atoms. The van der Waals surface area contributed by atoms with E-state index in [-0.39, 0.29) is 23.9 Å². The summed E-state index contributed by atoms with van der Waals surface area (Å²) < 4.78 is 10.8. The number of ether oxygens (including phenoxy) is 2. The van der Waals surface area contributed by atoms with Crippen molar-refractivity contribution in [3.63, 3.8) is 0 Å². The lowest BCUT2D eigenvalue weighted by Crippen LogP contribution is -2.26. The molecule has 0 amide bonds. The van der Waals surface area contributed by atoms with Crippen LogP contribution in [0.1, 0.15) is 39.3 Å². The number of methoxy groups -OCH3 is 1. The Hall–Kier alpha value is -0.930. The van der Waals surface area contributed by atoms with Crippen molar-refractivity contribution in [3.05, 3.63) is 23.8 Å². The third-order valence-electron chi connectivity index (χ3n) is 2.78. The van der Waals surface area contributed by atoms with E-state index in [2.05, 4.69) is 20.8 Å². The average molecular weight is 274 g/mol. The van der Waals surface area contributed by atoms with E-state index in [0.29, 0.717) is 6.61 Å². The van der Waals surface area contributed by atoms with E-state index in [4.69, 9.17) is 15.2 Å². The SMILES string of the molecule is CCOc1ccc([C@H](N)C(C)(C)C)cc1OC.Cl. The molecule has 0 fully saturated rings. The Bertz CT molecular complexity index is 375. The first-order chi connectivity index (χ1) is 7.90. The minimum Gasteiger partial charge on any atom is -0.493 e. The molecule has 0 aliphatic carbocycles. The van der Waals surface area contributed by atoms with Crippen molar-refractivity contribution in [2.75, 3.05) is 13.7 Å². The van der Waals surface area contributed by atoms with Crippen LogP contribution in [0.5, 0.6) is 11.5 Å². The highest BCUT2D eigenvalue weighted by Crippen LogP contribution is 2.35. The quantitative estimate of drug-likeness (QED) is 0.912. The van der Waals surface area contributed by atoms with Gasteiger partial charge in [-0.25, -0.2) is 0 Å². The highest BCUT2D eigenvalue weighted by molar-refractivity contribution is 5.85. The topological polar surface area (TPSA) is 44.5 Å². The van der Waals surface area contributed by atoms with Gasteiger partial charge in [0.2, 0.25) is 0 Å². The summed E-state index contributed by atoms with van der Waals surface area (Å²) in [6, 6.07) is 5.86. The lowest BCUT2D eigenvalue weighted by atomic mass is 9.83. The Kier molecular flexibility index (Phi) is 6.50. The van der Waals surface area contributed by atoms with E-state index in [1.165, 1.54) is 0 Å². The molecule has 2 N–H and O–H groups in total. The van der Waals surface area contributed by atoms with Crippen molar-refractivity contribution in [3.8, 4) is 11.5 Å². The van der Waals surface area contributed by atoms with Gasteiger partial charge < -0.3 is 15.2 Å². The normalized spacial score (nSPS) is 12.6. The standard InChI is InChI=1S/C14H23NO2.ClH/c1-6-17-11-8-7-10(9-12(11)16-5)13(15)14(2,3)4;/h7-9,13H,6,15H2,1-5H3;1H/t13-;/m0./s1. The monoisotopic (exact) mass is 273 g/mol. The summed E-state index contributed by atoms with van der Waals surface area (Å²) in [4.78, 5) is 0. The van der Waals surface area contributed by atoms with Crippen molar-refractivity contribution in [1.29, 1.82) is 0 Å². The van der Waals surface area contributed by atoms with Gasteiger partial charge in [0.15, 0.2) is 11.5 Å². The molecular formula is C14H24ClNO2. The van der Waals surface area contributed by atoms with Gasteiger partial charge in [0.25, 0.3) is 0 Å². The van der Waals surface area contributed by atoms with Crippen LogP contribution in [0.15, 0.2) is 18.2 Å². The zero-order valence-electron chi connectivity index (χ0n) is 11.8. The van der Waals surface area contributed by atoms with E-state index in [0.717, 1.165) is 17.1 Å². The van der Waals surface area contributed by atoms with Crippen molar-refractivity contribution >= 4 is 12.4 Å². The Morgan fingerprint density at radius 2 is 1.83 bits per heavy atom. The first-order valence-corrected chi connectivity index (χ1v) is 5.96. The van der Waals surface area contributed by atoms with E-state index >= 15 is 0 Å².